The van der Waals surface area contributed by atoms with Crippen LogP contribution in [0.15, 0.2) is 35.4 Å². The molecule has 0 unspecified atom stereocenters. The zero-order valence-corrected chi connectivity index (χ0v) is 16.9. The first kappa shape index (κ1) is 20.8. The summed E-state index contributed by atoms with van der Waals surface area (Å²) in [7, 11) is 0. The van der Waals surface area contributed by atoms with Gasteiger partial charge in [0.15, 0.2) is 0 Å². The van der Waals surface area contributed by atoms with E-state index in [2.05, 4.69) is 4.98 Å². The van der Waals surface area contributed by atoms with E-state index in [0.29, 0.717) is 18.6 Å². The topological polar surface area (TPSA) is 42.4 Å². The van der Waals surface area contributed by atoms with Gasteiger partial charge in [-0.3, -0.25) is 4.98 Å². The number of alkyl halides is 3. The lowest BCUT2D eigenvalue weighted by Crippen LogP contribution is -2.42. The highest BCUT2D eigenvalue weighted by Crippen LogP contribution is 2.37. The number of aromatic nitrogens is 1. The fourth-order valence-electron chi connectivity index (χ4n) is 3.06. The van der Waals surface area contributed by atoms with Crippen molar-refractivity contribution in [2.24, 2.45) is 0 Å². The number of nitrogens with zero attached hydrogens (tertiary/aromatic N) is 2. The average molecular weight is 412 g/mol. The monoisotopic (exact) mass is 412 g/mol. The van der Waals surface area contributed by atoms with E-state index in [1.807, 2.05) is 26.8 Å². The van der Waals surface area contributed by atoms with Gasteiger partial charge in [-0.15, -0.1) is 11.8 Å². The van der Waals surface area contributed by atoms with Crippen molar-refractivity contribution in [3.8, 4) is 0 Å². The van der Waals surface area contributed by atoms with Crippen molar-refractivity contribution >= 4 is 28.8 Å². The lowest BCUT2D eigenvalue weighted by atomic mass is 10.1. The van der Waals surface area contributed by atoms with Gasteiger partial charge < -0.3 is 9.64 Å². The molecule has 0 saturated carbocycles. The molecule has 0 atom stereocenters. The molecule has 2 aromatic rings. The van der Waals surface area contributed by atoms with E-state index < -0.39 is 17.3 Å². The highest BCUT2D eigenvalue weighted by molar-refractivity contribution is 8.00. The summed E-state index contributed by atoms with van der Waals surface area (Å²) in [5.41, 5.74) is -0.875. The first-order valence-corrected chi connectivity index (χ1v) is 10.0. The molecule has 1 aliphatic rings. The van der Waals surface area contributed by atoms with E-state index >= 15 is 0 Å². The quantitative estimate of drug-likeness (QED) is 0.630. The number of ether oxygens (including phenoxy) is 1. The summed E-state index contributed by atoms with van der Waals surface area (Å²) < 4.78 is 44.2. The Hall–Kier alpha value is -1.96. The second kappa shape index (κ2) is 7.81. The highest BCUT2D eigenvalue weighted by Gasteiger charge is 2.31. The van der Waals surface area contributed by atoms with Gasteiger partial charge >= 0.3 is 12.3 Å². The van der Waals surface area contributed by atoms with Gasteiger partial charge in [-0.05, 0) is 51.8 Å². The third-order valence-corrected chi connectivity index (χ3v) is 5.83. The van der Waals surface area contributed by atoms with Crippen molar-refractivity contribution in [3.63, 3.8) is 0 Å². The van der Waals surface area contributed by atoms with E-state index in [4.69, 9.17) is 4.74 Å². The number of fused-ring (bicyclic) bond motifs is 1. The number of piperidine rings is 1. The van der Waals surface area contributed by atoms with Gasteiger partial charge in [-0.25, -0.2) is 4.79 Å². The fraction of sp³-hybridized carbons (Fsp3) is 0.500. The molecular weight excluding hydrogens is 389 g/mol. The lowest BCUT2D eigenvalue weighted by molar-refractivity contribution is -0.137. The number of hydrogen-bond donors (Lipinski definition) is 0. The van der Waals surface area contributed by atoms with Crippen LogP contribution in [0, 0.1) is 0 Å². The molecule has 0 radical (unpaired) electrons. The molecule has 1 aliphatic heterocycles. The van der Waals surface area contributed by atoms with Crippen LogP contribution in [0.2, 0.25) is 0 Å². The molecule has 0 spiro atoms. The van der Waals surface area contributed by atoms with Gasteiger partial charge in [0.05, 0.1) is 11.1 Å². The zero-order valence-electron chi connectivity index (χ0n) is 16.0. The molecule has 1 fully saturated rings. The Labute approximate surface area is 166 Å². The summed E-state index contributed by atoms with van der Waals surface area (Å²) in [5.74, 6) is 0. The Bertz CT molecular complexity index is 857. The van der Waals surface area contributed by atoms with Crippen LogP contribution < -0.4 is 0 Å². The molecule has 1 saturated heterocycles. The molecule has 152 valence electrons. The predicted octanol–water partition coefficient (Wildman–Crippen LogP) is 5.75. The second-order valence-corrected chi connectivity index (χ2v) is 9.17. The van der Waals surface area contributed by atoms with Crippen LogP contribution in [0.5, 0.6) is 0 Å². The van der Waals surface area contributed by atoms with Crippen molar-refractivity contribution in [2.75, 3.05) is 13.1 Å². The number of carbonyl (C=O) groups excluding carboxylic acids is 1. The number of benzene rings is 1. The van der Waals surface area contributed by atoms with Gasteiger partial charge in [0.2, 0.25) is 0 Å². The van der Waals surface area contributed by atoms with Crippen LogP contribution in [0.3, 0.4) is 0 Å². The number of rotatable bonds is 2. The van der Waals surface area contributed by atoms with Crippen molar-refractivity contribution < 1.29 is 22.7 Å². The third-order valence-electron chi connectivity index (χ3n) is 4.42. The normalized spacial score (nSPS) is 16.4. The fourth-order valence-corrected chi connectivity index (χ4v) is 4.31. The molecule has 28 heavy (non-hydrogen) atoms. The standard InChI is InChI=1S/C20H23F3N2O2S/c1-19(2,3)27-18(26)25-10-7-14(8-11-25)28-17-6-9-24-16-12-13(20(21,22)23)4-5-15(16)17/h4-6,9,12,14H,7-8,10-11H2,1-3H3. The zero-order chi connectivity index (χ0) is 20.5. The minimum atomic E-state index is -4.38. The van der Waals surface area contributed by atoms with Gasteiger partial charge in [0.1, 0.15) is 5.60 Å². The van der Waals surface area contributed by atoms with Gasteiger partial charge in [-0.2, -0.15) is 13.2 Å². The van der Waals surface area contributed by atoms with Crippen LogP contribution in [-0.4, -0.2) is 39.9 Å². The van der Waals surface area contributed by atoms with Gasteiger partial charge in [0.25, 0.3) is 0 Å². The van der Waals surface area contributed by atoms with Crippen LogP contribution in [0.4, 0.5) is 18.0 Å². The first-order chi connectivity index (χ1) is 13.0. The summed E-state index contributed by atoms with van der Waals surface area (Å²) in [5, 5.41) is 1.00. The third kappa shape index (κ3) is 5.10. The van der Waals surface area contributed by atoms with Crippen LogP contribution in [-0.2, 0) is 10.9 Å². The number of amides is 1. The summed E-state index contributed by atoms with van der Waals surface area (Å²) >= 11 is 1.63. The molecule has 0 bridgehead atoms. The summed E-state index contributed by atoms with van der Waals surface area (Å²) in [4.78, 5) is 18.9. The van der Waals surface area contributed by atoms with E-state index in [-0.39, 0.29) is 11.3 Å². The Morgan fingerprint density at radius 1 is 1.18 bits per heavy atom. The van der Waals surface area contributed by atoms with Crippen LogP contribution in [0.25, 0.3) is 10.9 Å². The van der Waals surface area contributed by atoms with Crippen molar-refractivity contribution in [3.05, 3.63) is 36.0 Å². The van der Waals surface area contributed by atoms with E-state index in [1.165, 1.54) is 6.07 Å². The number of pyridine rings is 1. The number of thioether (sulfide) groups is 1. The van der Waals surface area contributed by atoms with Crippen molar-refractivity contribution in [1.82, 2.24) is 9.88 Å². The van der Waals surface area contributed by atoms with E-state index in [9.17, 15) is 18.0 Å². The molecule has 8 heteroatoms. The lowest BCUT2D eigenvalue weighted by Gasteiger charge is -2.33. The minimum absolute atomic E-state index is 0.284. The Morgan fingerprint density at radius 3 is 2.46 bits per heavy atom. The summed E-state index contributed by atoms with van der Waals surface area (Å²) in [6, 6.07) is 5.51. The first-order valence-electron chi connectivity index (χ1n) is 9.13. The van der Waals surface area contributed by atoms with E-state index in [0.717, 1.165) is 35.3 Å². The number of halogens is 3. The average Bonchev–Trinajstić information content (AvgIpc) is 2.60. The van der Waals surface area contributed by atoms with Crippen LogP contribution in [0.1, 0.15) is 39.2 Å². The molecule has 1 amide bonds. The smallest absolute Gasteiger partial charge is 0.416 e. The molecule has 0 N–H and O–H groups in total. The highest BCUT2D eigenvalue weighted by atomic mass is 32.2. The van der Waals surface area contributed by atoms with Crippen molar-refractivity contribution in [1.29, 1.82) is 0 Å². The second-order valence-electron chi connectivity index (χ2n) is 7.82. The van der Waals surface area contributed by atoms with Crippen LogP contribution >= 0.6 is 11.8 Å². The SMILES string of the molecule is CC(C)(C)OC(=O)N1CCC(Sc2ccnc3cc(C(F)(F)F)ccc23)CC1. The number of carbonyl (C=O) groups is 1. The van der Waals surface area contributed by atoms with Gasteiger partial charge in [0, 0.05) is 34.8 Å². The molecule has 3 rings (SSSR count). The van der Waals surface area contributed by atoms with Gasteiger partial charge in [-0.1, -0.05) is 6.07 Å². The maximum absolute atomic E-state index is 12.9. The molecule has 1 aromatic carbocycles. The number of hydrogen-bond acceptors (Lipinski definition) is 4. The number of likely N-dealkylation sites (tertiary alicyclic amines) is 1. The van der Waals surface area contributed by atoms with E-state index in [1.54, 1.807) is 22.9 Å². The molecule has 0 aliphatic carbocycles. The Morgan fingerprint density at radius 2 is 1.86 bits per heavy atom. The van der Waals surface area contributed by atoms with Crippen molar-refractivity contribution in [2.45, 2.75) is 55.5 Å². The molecule has 2 heterocycles. The summed E-state index contributed by atoms with van der Waals surface area (Å²) in [6.45, 7) is 6.73. The molecular formula is C20H23F3N2O2S. The predicted molar refractivity (Wildman–Crippen MR) is 103 cm³/mol. The molecule has 4 nitrogen and oxygen atoms in total. The summed E-state index contributed by atoms with van der Waals surface area (Å²) in [6.07, 6.45) is -1.54. The maximum Gasteiger partial charge on any atom is 0.416 e. The molecule has 1 aromatic heterocycles. The maximum atomic E-state index is 12.9. The Balaban J connectivity index is 1.67. The largest absolute Gasteiger partial charge is 0.444 e. The Kier molecular flexibility index (Phi) is 5.79. The minimum Gasteiger partial charge on any atom is -0.444 e.